The number of benzene rings is 7. The summed E-state index contributed by atoms with van der Waals surface area (Å²) in [5.41, 5.74) is 7.14. The zero-order valence-corrected chi connectivity index (χ0v) is 22.6. The fourth-order valence-electron chi connectivity index (χ4n) is 5.78. The van der Waals surface area contributed by atoms with E-state index in [1.165, 1.54) is 0 Å². The molecule has 0 atom stereocenters. The zero-order valence-electron chi connectivity index (χ0n) is 27.6. The maximum Gasteiger partial charge on any atom is 0.143 e. The van der Waals surface area contributed by atoms with E-state index in [-0.39, 0.29) is 29.9 Å². The summed E-state index contributed by atoms with van der Waals surface area (Å²) in [7, 11) is 0. The number of para-hydroxylation sites is 1. The third-order valence-electron chi connectivity index (χ3n) is 7.77. The number of hydrogen-bond donors (Lipinski definition) is 0. The summed E-state index contributed by atoms with van der Waals surface area (Å²) >= 11 is 0. The highest BCUT2D eigenvalue weighted by atomic mass is 16.3. The second-order valence-corrected chi connectivity index (χ2v) is 10.2. The van der Waals surface area contributed by atoms with E-state index in [1.807, 2.05) is 103 Å². The van der Waals surface area contributed by atoms with E-state index >= 15 is 0 Å². The molecule has 0 amide bonds. The van der Waals surface area contributed by atoms with Crippen LogP contribution in [0.15, 0.2) is 168 Å². The van der Waals surface area contributed by atoms with Gasteiger partial charge in [0.05, 0.1) is 6.85 Å². The maximum absolute atomic E-state index is 8.80. The van der Waals surface area contributed by atoms with Gasteiger partial charge in [0.1, 0.15) is 11.2 Å². The lowest BCUT2D eigenvalue weighted by atomic mass is 9.98. The highest BCUT2D eigenvalue weighted by Crippen LogP contribution is 2.41. The summed E-state index contributed by atoms with van der Waals surface area (Å²) < 4.78 is 48.9. The predicted octanol–water partition coefficient (Wildman–Crippen LogP) is 11.5. The minimum Gasteiger partial charge on any atom is -0.455 e. The molecule has 198 valence electrons. The van der Waals surface area contributed by atoms with Crippen LogP contribution in [0.1, 0.15) is 6.85 Å². The monoisotopic (exact) mass is 542 g/mol. The molecule has 0 saturated heterocycles. The molecular formula is C40H27NO. The van der Waals surface area contributed by atoms with Crippen LogP contribution in [0.5, 0.6) is 0 Å². The molecule has 2 nitrogen and oxygen atoms in total. The summed E-state index contributed by atoms with van der Waals surface area (Å²) in [5.74, 6) is 0. The first-order valence-corrected chi connectivity index (χ1v) is 13.9. The molecule has 0 N–H and O–H groups in total. The molecule has 7 aromatic carbocycles. The van der Waals surface area contributed by atoms with Gasteiger partial charge in [-0.15, -0.1) is 0 Å². The second-order valence-electron chi connectivity index (χ2n) is 10.2. The van der Waals surface area contributed by atoms with Gasteiger partial charge < -0.3 is 9.32 Å². The molecule has 2 heteroatoms. The molecule has 8 aromatic rings. The van der Waals surface area contributed by atoms with E-state index in [0.717, 1.165) is 55.0 Å². The van der Waals surface area contributed by atoms with Gasteiger partial charge in [0, 0.05) is 33.2 Å². The van der Waals surface area contributed by atoms with Crippen molar-refractivity contribution in [2.24, 2.45) is 0 Å². The summed E-state index contributed by atoms with van der Waals surface area (Å²) in [4.78, 5) is 1.73. The summed E-state index contributed by atoms with van der Waals surface area (Å²) in [5, 5.41) is 4.25. The molecule has 0 aliphatic rings. The van der Waals surface area contributed by atoms with Crippen molar-refractivity contribution in [2.45, 2.75) is 0 Å². The van der Waals surface area contributed by atoms with Crippen molar-refractivity contribution in [2.75, 3.05) is 4.90 Å². The summed E-state index contributed by atoms with van der Waals surface area (Å²) in [6.45, 7) is 0. The Morgan fingerprint density at radius 3 is 1.90 bits per heavy atom. The lowest BCUT2D eigenvalue weighted by Crippen LogP contribution is -2.09. The Morgan fingerprint density at radius 1 is 0.476 bits per heavy atom. The quantitative estimate of drug-likeness (QED) is 0.215. The van der Waals surface area contributed by atoms with Crippen LogP contribution in [0.2, 0.25) is 0 Å². The van der Waals surface area contributed by atoms with Crippen LogP contribution in [-0.4, -0.2) is 0 Å². The molecule has 0 fully saturated rings. The van der Waals surface area contributed by atoms with Crippen molar-refractivity contribution in [3.8, 4) is 22.3 Å². The lowest BCUT2D eigenvalue weighted by Gasteiger charge is -2.26. The van der Waals surface area contributed by atoms with Crippen molar-refractivity contribution >= 4 is 49.8 Å². The van der Waals surface area contributed by atoms with Gasteiger partial charge in [0.25, 0.3) is 0 Å². The summed E-state index contributed by atoms with van der Waals surface area (Å²) in [6, 6.07) is 42.4. The second kappa shape index (κ2) is 10.1. The molecule has 0 bridgehead atoms. The SMILES string of the molecule is [2H]c1c([2H])c([2H])c(N(c2ccc(-c3ccccc3)cc2)c2ccc(-c3cccc4oc5c6ccccc6ccc5c34)cc2)c([2H])c1[2H]. The minimum atomic E-state index is -0.424. The van der Waals surface area contributed by atoms with Crippen LogP contribution in [-0.2, 0) is 0 Å². The van der Waals surface area contributed by atoms with Gasteiger partial charge in [-0.25, -0.2) is 0 Å². The first kappa shape index (κ1) is 19.5. The minimum absolute atomic E-state index is 0.0889. The first-order valence-electron chi connectivity index (χ1n) is 16.4. The molecule has 0 aliphatic carbocycles. The smallest absolute Gasteiger partial charge is 0.143 e. The third-order valence-corrected chi connectivity index (χ3v) is 7.77. The molecule has 8 rings (SSSR count). The normalized spacial score (nSPS) is 13.0. The molecule has 0 radical (unpaired) electrons. The fourth-order valence-corrected chi connectivity index (χ4v) is 5.78. The average molecular weight is 543 g/mol. The third kappa shape index (κ3) is 4.13. The van der Waals surface area contributed by atoms with Crippen molar-refractivity contribution in [1.29, 1.82) is 0 Å². The molecule has 42 heavy (non-hydrogen) atoms. The van der Waals surface area contributed by atoms with Gasteiger partial charge in [-0.05, 0) is 76.1 Å². The van der Waals surface area contributed by atoms with Crippen molar-refractivity contribution in [1.82, 2.24) is 0 Å². The topological polar surface area (TPSA) is 16.4 Å². The van der Waals surface area contributed by atoms with Crippen molar-refractivity contribution in [3.63, 3.8) is 0 Å². The molecule has 1 aromatic heterocycles. The van der Waals surface area contributed by atoms with Crippen LogP contribution < -0.4 is 4.90 Å². The van der Waals surface area contributed by atoms with E-state index in [1.54, 1.807) is 4.90 Å². The maximum atomic E-state index is 8.80. The van der Waals surface area contributed by atoms with Crippen molar-refractivity contribution in [3.05, 3.63) is 164 Å². The van der Waals surface area contributed by atoms with Gasteiger partial charge in [-0.2, -0.15) is 0 Å². The fraction of sp³-hybridized carbons (Fsp3) is 0. The van der Waals surface area contributed by atoms with Crippen LogP contribution >= 0.6 is 0 Å². The van der Waals surface area contributed by atoms with Crippen LogP contribution in [0.25, 0.3) is 55.0 Å². The standard InChI is InChI=1S/C40H27NO/c1-3-10-28(11-4-1)29-18-23-33(24-19-29)41(32-13-5-2-6-14-32)34-25-20-31(21-26-34)35-16-9-17-38-39(35)37-27-22-30-12-7-8-15-36(30)40(37)42-38/h1-27H/i2D,5D,6D,13D,14D. The Morgan fingerprint density at radius 2 is 1.14 bits per heavy atom. The molecular weight excluding hydrogens is 510 g/mol. The average Bonchev–Trinajstić information content (AvgIpc) is 3.52. The predicted molar refractivity (Wildman–Crippen MR) is 177 cm³/mol. The Hall–Kier alpha value is -5.60. The molecule has 0 spiro atoms. The van der Waals surface area contributed by atoms with E-state index in [2.05, 4.69) is 30.3 Å². The van der Waals surface area contributed by atoms with Gasteiger partial charge in [0.15, 0.2) is 0 Å². The highest BCUT2D eigenvalue weighted by molar-refractivity contribution is 6.19. The van der Waals surface area contributed by atoms with E-state index in [4.69, 9.17) is 11.3 Å². The Kier molecular flexibility index (Phi) is 4.68. The molecule has 0 unspecified atom stereocenters. The Labute approximate surface area is 251 Å². The van der Waals surface area contributed by atoms with E-state index in [0.29, 0.717) is 11.4 Å². The van der Waals surface area contributed by atoms with Crippen molar-refractivity contribution < 1.29 is 11.3 Å². The largest absolute Gasteiger partial charge is 0.455 e. The number of rotatable bonds is 5. The van der Waals surface area contributed by atoms with Gasteiger partial charge >= 0.3 is 0 Å². The first-order chi connectivity index (χ1) is 22.9. The van der Waals surface area contributed by atoms with Gasteiger partial charge in [-0.3, -0.25) is 0 Å². The van der Waals surface area contributed by atoms with Crippen LogP contribution in [0.3, 0.4) is 0 Å². The molecule has 0 saturated carbocycles. The summed E-state index contributed by atoms with van der Waals surface area (Å²) in [6.07, 6.45) is 0. The molecule has 0 aliphatic heterocycles. The Balaban J connectivity index is 1.27. The highest BCUT2D eigenvalue weighted by Gasteiger charge is 2.16. The number of hydrogen-bond acceptors (Lipinski definition) is 2. The number of furan rings is 1. The van der Waals surface area contributed by atoms with Crippen LogP contribution in [0.4, 0.5) is 17.1 Å². The lowest BCUT2D eigenvalue weighted by molar-refractivity contribution is 0.673. The zero-order chi connectivity index (χ0) is 32.2. The van der Waals surface area contributed by atoms with Gasteiger partial charge in [-0.1, -0.05) is 115 Å². The van der Waals surface area contributed by atoms with E-state index < -0.39 is 6.04 Å². The van der Waals surface area contributed by atoms with Crippen LogP contribution in [0, 0.1) is 0 Å². The Bertz CT molecular complexity index is 2420. The van der Waals surface area contributed by atoms with E-state index in [9.17, 15) is 0 Å². The number of nitrogens with zero attached hydrogens (tertiary/aromatic N) is 1. The van der Waals surface area contributed by atoms with Gasteiger partial charge in [0.2, 0.25) is 0 Å². The molecule has 1 heterocycles. The number of fused-ring (bicyclic) bond motifs is 5. The number of anilines is 3.